The highest BCUT2D eigenvalue weighted by Crippen LogP contribution is 2.17. The third-order valence-corrected chi connectivity index (χ3v) is 6.70. The van der Waals surface area contributed by atoms with Crippen LogP contribution >= 0.6 is 0 Å². The third kappa shape index (κ3) is 5.67. The van der Waals surface area contributed by atoms with Gasteiger partial charge in [-0.3, -0.25) is 9.59 Å². The Hall–Kier alpha value is -2.71. The number of hydrogen-bond donors (Lipinski definition) is 2. The van der Waals surface area contributed by atoms with Crippen LogP contribution in [0.1, 0.15) is 35.2 Å². The van der Waals surface area contributed by atoms with Crippen molar-refractivity contribution in [2.24, 2.45) is 0 Å². The lowest BCUT2D eigenvalue weighted by Gasteiger charge is -2.32. The first kappa shape index (κ1) is 22.0. The lowest BCUT2D eigenvalue weighted by Crippen LogP contribution is -2.46. The maximum absolute atomic E-state index is 12.8. The summed E-state index contributed by atoms with van der Waals surface area (Å²) in [7, 11) is -2.27. The van der Waals surface area contributed by atoms with Crippen LogP contribution in [0.4, 0.5) is 0 Å². The molecule has 0 bridgehead atoms. The van der Waals surface area contributed by atoms with Gasteiger partial charge in [-0.1, -0.05) is 36.4 Å². The molecule has 1 aliphatic rings. The Morgan fingerprint density at radius 1 is 1.03 bits per heavy atom. The molecule has 1 saturated heterocycles. The van der Waals surface area contributed by atoms with E-state index >= 15 is 0 Å². The van der Waals surface area contributed by atoms with Gasteiger partial charge in [0.05, 0.1) is 4.90 Å². The topological polar surface area (TPSA) is 95.6 Å². The lowest BCUT2D eigenvalue weighted by molar-refractivity contribution is -0.122. The second-order valence-corrected chi connectivity index (χ2v) is 9.24. The molecule has 30 heavy (non-hydrogen) atoms. The highest BCUT2D eigenvalue weighted by atomic mass is 32.2. The molecule has 7 nitrogen and oxygen atoms in total. The van der Waals surface area contributed by atoms with Gasteiger partial charge in [0.15, 0.2) is 0 Å². The van der Waals surface area contributed by atoms with Crippen molar-refractivity contribution in [3.63, 3.8) is 0 Å². The molecule has 0 spiro atoms. The van der Waals surface area contributed by atoms with Gasteiger partial charge in [0, 0.05) is 31.1 Å². The number of aryl methyl sites for hydroxylation is 1. The number of hydrogen-bond acceptors (Lipinski definition) is 4. The quantitative estimate of drug-likeness (QED) is 0.703. The van der Waals surface area contributed by atoms with E-state index in [1.807, 2.05) is 30.3 Å². The van der Waals surface area contributed by atoms with Gasteiger partial charge in [-0.2, -0.15) is 0 Å². The second-order valence-electron chi connectivity index (χ2n) is 7.35. The number of carbonyl (C=O) groups is 2. The zero-order valence-electron chi connectivity index (χ0n) is 17.0. The summed E-state index contributed by atoms with van der Waals surface area (Å²) in [6.07, 6.45) is 2.50. The molecule has 2 N–H and O–H groups in total. The van der Waals surface area contributed by atoms with Crippen molar-refractivity contribution >= 4 is 21.8 Å². The van der Waals surface area contributed by atoms with Crippen LogP contribution in [0.15, 0.2) is 59.5 Å². The summed E-state index contributed by atoms with van der Waals surface area (Å²) < 4.78 is 26.2. The molecule has 1 aliphatic heterocycles. The van der Waals surface area contributed by atoms with Crippen LogP contribution in [0.5, 0.6) is 0 Å². The number of rotatable bonds is 7. The molecule has 2 aromatic carbocycles. The number of benzene rings is 2. The summed E-state index contributed by atoms with van der Waals surface area (Å²) in [6.45, 7) is 1.04. The number of nitrogens with zero attached hydrogens (tertiary/aromatic N) is 1. The van der Waals surface area contributed by atoms with Crippen molar-refractivity contribution in [1.82, 2.24) is 14.9 Å². The normalized spacial score (nSPS) is 15.0. The molecular formula is C22H27N3O4S. The van der Waals surface area contributed by atoms with E-state index in [-0.39, 0.29) is 22.8 Å². The molecule has 1 fully saturated rings. The minimum absolute atomic E-state index is 0.0219. The molecule has 8 heteroatoms. The van der Waals surface area contributed by atoms with Crippen LogP contribution in [0, 0.1) is 0 Å². The molecule has 0 unspecified atom stereocenters. The highest BCUT2D eigenvalue weighted by Gasteiger charge is 2.25. The van der Waals surface area contributed by atoms with Gasteiger partial charge in [-0.25, -0.2) is 13.1 Å². The Kier molecular flexibility index (Phi) is 7.23. The fourth-order valence-corrected chi connectivity index (χ4v) is 4.30. The number of likely N-dealkylation sites (tertiary alicyclic amines) is 1. The van der Waals surface area contributed by atoms with Crippen molar-refractivity contribution in [2.75, 3.05) is 20.1 Å². The van der Waals surface area contributed by atoms with Gasteiger partial charge < -0.3 is 10.2 Å². The Morgan fingerprint density at radius 3 is 2.40 bits per heavy atom. The predicted molar refractivity (Wildman–Crippen MR) is 115 cm³/mol. The van der Waals surface area contributed by atoms with Crippen LogP contribution in [-0.4, -0.2) is 51.3 Å². The average Bonchev–Trinajstić information content (AvgIpc) is 2.78. The smallest absolute Gasteiger partial charge is 0.253 e. The molecule has 0 aliphatic carbocycles. The Balaban J connectivity index is 1.50. The summed E-state index contributed by atoms with van der Waals surface area (Å²) in [5.41, 5.74) is 1.48. The third-order valence-electron chi connectivity index (χ3n) is 5.29. The summed E-state index contributed by atoms with van der Waals surface area (Å²) in [4.78, 5) is 26.8. The van der Waals surface area contributed by atoms with E-state index in [4.69, 9.17) is 0 Å². The van der Waals surface area contributed by atoms with Crippen molar-refractivity contribution in [3.8, 4) is 0 Å². The van der Waals surface area contributed by atoms with Crippen molar-refractivity contribution in [3.05, 3.63) is 65.7 Å². The van der Waals surface area contributed by atoms with Crippen molar-refractivity contribution in [1.29, 1.82) is 0 Å². The SMILES string of the molecule is CNS(=O)(=O)c1cccc(C(=O)N2CCC(NC(=O)CCc3ccccc3)CC2)c1. The van der Waals surface area contributed by atoms with Gasteiger partial charge in [-0.05, 0) is 50.1 Å². The fraction of sp³-hybridized carbons (Fsp3) is 0.364. The second kappa shape index (κ2) is 9.86. The molecule has 0 radical (unpaired) electrons. The minimum atomic E-state index is -3.60. The summed E-state index contributed by atoms with van der Waals surface area (Å²) in [6, 6.07) is 16.0. The summed E-state index contributed by atoms with van der Waals surface area (Å²) in [5.74, 6) is -0.175. The molecular weight excluding hydrogens is 402 g/mol. The number of amides is 2. The minimum Gasteiger partial charge on any atom is -0.353 e. The number of sulfonamides is 1. The first-order chi connectivity index (χ1) is 14.4. The average molecular weight is 430 g/mol. The maximum Gasteiger partial charge on any atom is 0.253 e. The van der Waals surface area contributed by atoms with E-state index in [9.17, 15) is 18.0 Å². The Labute approximate surface area is 177 Å². The van der Waals surface area contributed by atoms with Gasteiger partial charge in [-0.15, -0.1) is 0 Å². The van der Waals surface area contributed by atoms with Gasteiger partial charge in [0.1, 0.15) is 0 Å². The molecule has 0 aromatic heterocycles. The number of carbonyl (C=O) groups excluding carboxylic acids is 2. The fourth-order valence-electron chi connectivity index (χ4n) is 3.53. The van der Waals surface area contributed by atoms with E-state index in [2.05, 4.69) is 10.0 Å². The molecule has 3 rings (SSSR count). The van der Waals surface area contributed by atoms with E-state index in [0.717, 1.165) is 5.56 Å². The maximum atomic E-state index is 12.8. The molecule has 2 amide bonds. The van der Waals surface area contributed by atoms with Gasteiger partial charge in [0.25, 0.3) is 5.91 Å². The summed E-state index contributed by atoms with van der Waals surface area (Å²) >= 11 is 0. The molecule has 0 saturated carbocycles. The predicted octanol–water partition coefficient (Wildman–Crippen LogP) is 1.95. The van der Waals surface area contributed by atoms with Crippen LogP contribution in [0.25, 0.3) is 0 Å². The van der Waals surface area contributed by atoms with Gasteiger partial charge in [0.2, 0.25) is 15.9 Å². The highest BCUT2D eigenvalue weighted by molar-refractivity contribution is 7.89. The van der Waals surface area contributed by atoms with Crippen molar-refractivity contribution in [2.45, 2.75) is 36.6 Å². The first-order valence-electron chi connectivity index (χ1n) is 10.1. The van der Waals surface area contributed by atoms with Crippen LogP contribution in [-0.2, 0) is 21.2 Å². The van der Waals surface area contributed by atoms with E-state index in [1.165, 1.54) is 19.2 Å². The monoisotopic (exact) mass is 429 g/mol. The van der Waals surface area contributed by atoms with Gasteiger partial charge >= 0.3 is 0 Å². The van der Waals surface area contributed by atoms with Crippen LogP contribution in [0.3, 0.4) is 0 Å². The zero-order chi connectivity index (χ0) is 21.6. The Bertz CT molecular complexity index is 984. The number of nitrogens with one attached hydrogen (secondary N) is 2. The zero-order valence-corrected chi connectivity index (χ0v) is 17.8. The molecule has 0 atom stereocenters. The largest absolute Gasteiger partial charge is 0.353 e. The van der Waals surface area contributed by atoms with E-state index in [0.29, 0.717) is 44.3 Å². The molecule has 160 valence electrons. The summed E-state index contributed by atoms with van der Waals surface area (Å²) in [5, 5.41) is 3.06. The lowest BCUT2D eigenvalue weighted by atomic mass is 10.0. The first-order valence-corrected chi connectivity index (χ1v) is 11.5. The van der Waals surface area contributed by atoms with Crippen LogP contribution < -0.4 is 10.0 Å². The van der Waals surface area contributed by atoms with E-state index < -0.39 is 10.0 Å². The standard InChI is InChI=1S/C22H27N3O4S/c1-23-30(28,29)20-9-5-8-18(16-20)22(27)25-14-12-19(13-15-25)24-21(26)11-10-17-6-3-2-4-7-17/h2-9,16,19,23H,10-15H2,1H3,(H,24,26). The molecule has 2 aromatic rings. The molecule has 1 heterocycles. The number of piperidine rings is 1. The van der Waals surface area contributed by atoms with E-state index in [1.54, 1.807) is 17.0 Å². The Morgan fingerprint density at radius 2 is 1.73 bits per heavy atom. The van der Waals surface area contributed by atoms with Crippen molar-refractivity contribution < 1.29 is 18.0 Å². The van der Waals surface area contributed by atoms with Crippen LogP contribution in [0.2, 0.25) is 0 Å².